The predicted octanol–water partition coefficient (Wildman–Crippen LogP) is 3.80. The molecule has 0 bridgehead atoms. The monoisotopic (exact) mass is 455 g/mol. The van der Waals surface area contributed by atoms with Crippen molar-refractivity contribution in [2.75, 3.05) is 19.7 Å². The minimum absolute atomic E-state index is 0.0403. The van der Waals surface area contributed by atoms with Crippen LogP contribution in [0.3, 0.4) is 0 Å². The first-order valence-corrected chi connectivity index (χ1v) is 10.8. The molecule has 1 N–H and O–H groups in total. The average molecular weight is 455 g/mol. The quantitative estimate of drug-likeness (QED) is 0.608. The molecule has 2 aliphatic rings. The summed E-state index contributed by atoms with van der Waals surface area (Å²) in [7, 11) is 0. The van der Waals surface area contributed by atoms with Crippen LogP contribution < -0.4 is 4.74 Å². The Balaban J connectivity index is 1.42. The molecule has 1 amide bonds. The number of rotatable bonds is 6. The summed E-state index contributed by atoms with van der Waals surface area (Å²) >= 11 is 0. The van der Waals surface area contributed by atoms with Gasteiger partial charge in [-0.3, -0.25) is 4.79 Å². The molecule has 1 aliphatic heterocycles. The highest BCUT2D eigenvalue weighted by molar-refractivity contribution is 5.82. The van der Waals surface area contributed by atoms with E-state index in [0.717, 1.165) is 29.5 Å². The minimum atomic E-state index is -3.26. The molecule has 1 spiro atoms. The van der Waals surface area contributed by atoms with Crippen molar-refractivity contribution in [3.05, 3.63) is 53.6 Å². The van der Waals surface area contributed by atoms with Gasteiger partial charge < -0.3 is 19.3 Å². The third-order valence-corrected chi connectivity index (χ3v) is 6.37. The summed E-state index contributed by atoms with van der Waals surface area (Å²) < 4.78 is 36.1. The highest BCUT2D eigenvalue weighted by atomic mass is 19.3. The summed E-state index contributed by atoms with van der Waals surface area (Å²) in [5.41, 5.74) is 3.43. The molecule has 1 aliphatic carbocycles. The number of fused-ring (bicyclic) bond motifs is 2. The van der Waals surface area contributed by atoms with E-state index in [0.29, 0.717) is 37.8 Å². The number of aliphatic hydroxyl groups is 1. The first-order valence-electron chi connectivity index (χ1n) is 10.8. The van der Waals surface area contributed by atoms with E-state index in [4.69, 9.17) is 4.52 Å². The Morgan fingerprint density at radius 2 is 2.03 bits per heavy atom. The van der Waals surface area contributed by atoms with E-state index < -0.39 is 6.11 Å². The van der Waals surface area contributed by atoms with E-state index in [1.54, 1.807) is 17.0 Å². The van der Waals surface area contributed by atoms with Crippen molar-refractivity contribution in [3.8, 4) is 28.6 Å². The molecule has 0 saturated carbocycles. The molecule has 3 aromatic rings. The number of hydrogen-bond acceptors (Lipinski definition) is 6. The number of hydrogen-bond donors (Lipinski definition) is 1. The van der Waals surface area contributed by atoms with Gasteiger partial charge in [-0.1, -0.05) is 23.4 Å². The van der Waals surface area contributed by atoms with Crippen LogP contribution in [0.2, 0.25) is 0 Å². The summed E-state index contributed by atoms with van der Waals surface area (Å²) in [4.78, 5) is 18.7. The number of carbonyl (C=O) groups excluding carboxylic acids is 1. The SMILES string of the molecule is CC(F)(F)Oc1ccc(-c2nc(-c3cccc4c3CC[C@@]43CC(=O)N(CCO)C3)no2)cc1. The Hall–Kier alpha value is -3.33. The predicted molar refractivity (Wildman–Crippen MR) is 115 cm³/mol. The van der Waals surface area contributed by atoms with Gasteiger partial charge in [-0.05, 0) is 48.2 Å². The van der Waals surface area contributed by atoms with Crippen molar-refractivity contribution in [2.24, 2.45) is 0 Å². The van der Waals surface area contributed by atoms with Gasteiger partial charge in [-0.15, -0.1) is 0 Å². The third-order valence-electron chi connectivity index (χ3n) is 6.37. The lowest BCUT2D eigenvalue weighted by Gasteiger charge is -2.24. The number of nitrogens with zero attached hydrogens (tertiary/aromatic N) is 3. The molecule has 172 valence electrons. The molecule has 7 nitrogen and oxygen atoms in total. The van der Waals surface area contributed by atoms with Crippen molar-refractivity contribution < 1.29 is 27.9 Å². The zero-order valence-corrected chi connectivity index (χ0v) is 18.1. The first-order chi connectivity index (χ1) is 15.8. The number of aliphatic hydroxyl groups excluding tert-OH is 1. The number of aromatic nitrogens is 2. The zero-order valence-electron chi connectivity index (χ0n) is 18.1. The van der Waals surface area contributed by atoms with Crippen LogP contribution in [-0.4, -0.2) is 51.9 Å². The van der Waals surface area contributed by atoms with Crippen LogP contribution in [0.4, 0.5) is 8.78 Å². The summed E-state index contributed by atoms with van der Waals surface area (Å²) in [5.74, 6) is 0.821. The molecule has 0 unspecified atom stereocenters. The third kappa shape index (κ3) is 3.97. The van der Waals surface area contributed by atoms with Crippen LogP contribution in [0.1, 0.15) is 30.9 Å². The molecule has 2 aromatic carbocycles. The van der Waals surface area contributed by atoms with Crippen LogP contribution in [-0.2, 0) is 16.6 Å². The number of β-amino-alcohol motifs (C(OH)–C–C–N with tert-alkyl or cyclic N) is 1. The molecular formula is C24H23F2N3O4. The number of ether oxygens (including phenoxy) is 1. The second kappa shape index (κ2) is 7.91. The van der Waals surface area contributed by atoms with Gasteiger partial charge in [-0.25, -0.2) is 0 Å². The summed E-state index contributed by atoms with van der Waals surface area (Å²) in [6.07, 6.45) is -1.18. The molecule has 9 heteroatoms. The van der Waals surface area contributed by atoms with E-state index >= 15 is 0 Å². The highest BCUT2D eigenvalue weighted by Crippen LogP contribution is 2.48. The van der Waals surface area contributed by atoms with Crippen LogP contribution in [0.5, 0.6) is 5.75 Å². The highest BCUT2D eigenvalue weighted by Gasteiger charge is 2.48. The second-order valence-corrected chi connectivity index (χ2v) is 8.69. The second-order valence-electron chi connectivity index (χ2n) is 8.69. The van der Waals surface area contributed by atoms with Crippen LogP contribution >= 0.6 is 0 Å². The van der Waals surface area contributed by atoms with E-state index in [2.05, 4.69) is 20.9 Å². The molecule has 5 rings (SSSR count). The fraction of sp³-hybridized carbons (Fsp3) is 0.375. The van der Waals surface area contributed by atoms with Crippen molar-refractivity contribution in [1.82, 2.24) is 15.0 Å². The maximum absolute atomic E-state index is 13.0. The number of likely N-dealkylation sites (tertiary alicyclic amines) is 1. The molecule has 33 heavy (non-hydrogen) atoms. The van der Waals surface area contributed by atoms with Gasteiger partial charge in [0.1, 0.15) is 5.75 Å². The molecule has 0 radical (unpaired) electrons. The van der Waals surface area contributed by atoms with Gasteiger partial charge in [0, 0.05) is 43.0 Å². The van der Waals surface area contributed by atoms with Gasteiger partial charge in [0.25, 0.3) is 5.89 Å². The fourth-order valence-electron chi connectivity index (χ4n) is 4.97. The lowest BCUT2D eigenvalue weighted by molar-refractivity contribution is -0.158. The number of halogens is 2. The normalized spacial score (nSPS) is 20.0. The first kappa shape index (κ1) is 21.5. The van der Waals surface area contributed by atoms with Crippen molar-refractivity contribution in [1.29, 1.82) is 0 Å². The van der Waals surface area contributed by atoms with Crippen molar-refractivity contribution in [3.63, 3.8) is 0 Å². The maximum atomic E-state index is 13.0. The van der Waals surface area contributed by atoms with Crippen LogP contribution in [0.15, 0.2) is 47.0 Å². The topological polar surface area (TPSA) is 88.7 Å². The van der Waals surface area contributed by atoms with Crippen molar-refractivity contribution >= 4 is 5.91 Å². The standard InChI is InChI=1S/C24H23F2N3O4/c1-23(25,26)32-16-7-5-15(6-8-16)22-27-21(28-33-22)18-3-2-4-19-17(18)9-10-24(19)13-20(31)29(14-24)11-12-30/h2-8,30H,9-14H2,1H3/t24-/m0/s1. The summed E-state index contributed by atoms with van der Waals surface area (Å²) in [5, 5.41) is 13.4. The largest absolute Gasteiger partial charge is 0.433 e. The lowest BCUT2D eigenvalue weighted by Crippen LogP contribution is -2.32. The van der Waals surface area contributed by atoms with Crippen LogP contribution in [0.25, 0.3) is 22.8 Å². The fourth-order valence-corrected chi connectivity index (χ4v) is 4.97. The summed E-state index contributed by atoms with van der Waals surface area (Å²) in [6.45, 7) is 1.59. The Labute approximate surface area is 189 Å². The van der Waals surface area contributed by atoms with E-state index in [1.807, 2.05) is 12.1 Å². The van der Waals surface area contributed by atoms with Crippen LogP contribution in [0, 0.1) is 0 Å². The number of benzene rings is 2. The number of alkyl halides is 2. The Morgan fingerprint density at radius 1 is 1.24 bits per heavy atom. The van der Waals surface area contributed by atoms with Crippen molar-refractivity contribution in [2.45, 2.75) is 37.7 Å². The number of carbonyl (C=O) groups is 1. The maximum Gasteiger partial charge on any atom is 0.394 e. The Bertz CT molecular complexity index is 1190. The molecule has 2 heterocycles. The molecular weight excluding hydrogens is 432 g/mol. The van der Waals surface area contributed by atoms with Gasteiger partial charge in [0.15, 0.2) is 0 Å². The Morgan fingerprint density at radius 3 is 2.76 bits per heavy atom. The smallest absolute Gasteiger partial charge is 0.394 e. The van der Waals surface area contributed by atoms with Gasteiger partial charge in [-0.2, -0.15) is 13.8 Å². The molecule has 1 fully saturated rings. The summed E-state index contributed by atoms with van der Waals surface area (Å²) in [6, 6.07) is 12.0. The Kier molecular flexibility index (Phi) is 5.16. The van der Waals surface area contributed by atoms with Gasteiger partial charge in [0.2, 0.25) is 11.7 Å². The molecule has 1 aromatic heterocycles. The molecule has 1 atom stereocenters. The minimum Gasteiger partial charge on any atom is -0.433 e. The van der Waals surface area contributed by atoms with E-state index in [-0.39, 0.29) is 29.6 Å². The van der Waals surface area contributed by atoms with E-state index in [1.165, 1.54) is 12.1 Å². The zero-order chi connectivity index (χ0) is 23.2. The lowest BCUT2D eigenvalue weighted by atomic mass is 9.80. The average Bonchev–Trinajstić information content (AvgIpc) is 3.47. The molecule has 1 saturated heterocycles. The van der Waals surface area contributed by atoms with Gasteiger partial charge in [0.05, 0.1) is 6.61 Å². The van der Waals surface area contributed by atoms with Gasteiger partial charge >= 0.3 is 6.11 Å². The number of amides is 1. The van der Waals surface area contributed by atoms with E-state index in [9.17, 15) is 18.7 Å².